The zero-order valence-electron chi connectivity index (χ0n) is 8.71. The van der Waals surface area contributed by atoms with Crippen molar-refractivity contribution in [3.8, 4) is 0 Å². The summed E-state index contributed by atoms with van der Waals surface area (Å²) in [5, 5.41) is 14.4. The highest BCUT2D eigenvalue weighted by Gasteiger charge is 2.18. The fourth-order valence-corrected chi connectivity index (χ4v) is 2.01. The Kier molecular flexibility index (Phi) is 1.88. The lowest BCUT2D eigenvalue weighted by molar-refractivity contribution is -0.384. The number of hydrogen-bond donors (Lipinski definition) is 1. The van der Waals surface area contributed by atoms with Gasteiger partial charge in [-0.05, 0) is 6.07 Å². The summed E-state index contributed by atoms with van der Waals surface area (Å²) in [6.07, 6.45) is 0. The van der Waals surface area contributed by atoms with Crippen LogP contribution in [0.5, 0.6) is 0 Å². The zero-order valence-corrected chi connectivity index (χ0v) is 8.71. The van der Waals surface area contributed by atoms with E-state index in [1.165, 1.54) is 22.8 Å². The molecule has 7 nitrogen and oxygen atoms in total. The molecule has 0 saturated heterocycles. The van der Waals surface area contributed by atoms with Crippen LogP contribution >= 0.6 is 0 Å². The molecule has 0 unspecified atom stereocenters. The third kappa shape index (κ3) is 1.36. The van der Waals surface area contributed by atoms with E-state index < -0.39 is 4.92 Å². The van der Waals surface area contributed by atoms with E-state index in [-0.39, 0.29) is 11.4 Å². The molecule has 0 spiro atoms. The van der Waals surface area contributed by atoms with Gasteiger partial charge in [-0.1, -0.05) is 0 Å². The maximum Gasteiger partial charge on any atom is 0.349 e. The Morgan fingerprint density at radius 2 is 2.29 bits per heavy atom. The first-order chi connectivity index (χ1) is 8.16. The molecule has 1 N–H and O–H groups in total. The van der Waals surface area contributed by atoms with E-state index >= 15 is 0 Å². The number of nitro groups is 1. The van der Waals surface area contributed by atoms with E-state index in [0.29, 0.717) is 29.8 Å². The second-order valence-corrected chi connectivity index (χ2v) is 3.78. The normalized spacial score (nSPS) is 13.4. The minimum absolute atomic E-state index is 0.00514. The van der Waals surface area contributed by atoms with Gasteiger partial charge in [0.1, 0.15) is 5.82 Å². The quantitative estimate of drug-likeness (QED) is 0.578. The average Bonchev–Trinajstić information content (AvgIpc) is 2.78. The number of benzene rings is 1. The van der Waals surface area contributed by atoms with Crippen molar-refractivity contribution in [3.63, 3.8) is 0 Å². The first kappa shape index (κ1) is 9.76. The fourth-order valence-electron chi connectivity index (χ4n) is 2.01. The summed E-state index contributed by atoms with van der Waals surface area (Å²) < 4.78 is 1.49. The number of anilines is 1. The Bertz CT molecular complexity index is 692. The van der Waals surface area contributed by atoms with Crippen molar-refractivity contribution >= 4 is 22.4 Å². The van der Waals surface area contributed by atoms with E-state index in [1.54, 1.807) is 0 Å². The molecule has 0 fully saturated rings. The Balaban J connectivity index is 2.39. The molecule has 0 bridgehead atoms. The molecule has 1 aromatic heterocycles. The van der Waals surface area contributed by atoms with E-state index in [9.17, 15) is 14.9 Å². The monoisotopic (exact) mass is 232 g/mol. The highest BCUT2D eigenvalue weighted by molar-refractivity contribution is 5.91. The second kappa shape index (κ2) is 3.27. The molecule has 17 heavy (non-hydrogen) atoms. The third-order valence-corrected chi connectivity index (χ3v) is 2.79. The first-order valence-corrected chi connectivity index (χ1v) is 5.10. The van der Waals surface area contributed by atoms with Gasteiger partial charge in [-0.15, -0.1) is 0 Å². The van der Waals surface area contributed by atoms with Crippen LogP contribution in [-0.4, -0.2) is 21.0 Å². The number of rotatable bonds is 1. The summed E-state index contributed by atoms with van der Waals surface area (Å²) in [7, 11) is 0. The van der Waals surface area contributed by atoms with Crippen molar-refractivity contribution in [1.82, 2.24) is 9.55 Å². The molecule has 3 rings (SSSR count). The average molecular weight is 232 g/mol. The lowest BCUT2D eigenvalue weighted by Crippen LogP contribution is -2.20. The van der Waals surface area contributed by atoms with Gasteiger partial charge in [0.05, 0.1) is 10.4 Å². The van der Waals surface area contributed by atoms with E-state index in [2.05, 4.69) is 10.3 Å². The molecule has 1 aliphatic rings. The van der Waals surface area contributed by atoms with Crippen LogP contribution in [0.3, 0.4) is 0 Å². The van der Waals surface area contributed by atoms with Gasteiger partial charge in [-0.3, -0.25) is 14.7 Å². The zero-order chi connectivity index (χ0) is 12.0. The second-order valence-electron chi connectivity index (χ2n) is 3.78. The van der Waals surface area contributed by atoms with Crippen LogP contribution in [0.1, 0.15) is 0 Å². The van der Waals surface area contributed by atoms with E-state index in [4.69, 9.17) is 0 Å². The molecular formula is C10H8N4O3. The van der Waals surface area contributed by atoms with Crippen molar-refractivity contribution in [2.75, 3.05) is 11.9 Å². The molecule has 2 heterocycles. The number of hydrogen-bond acceptors (Lipinski definition) is 5. The molecule has 7 heteroatoms. The van der Waals surface area contributed by atoms with Crippen molar-refractivity contribution < 1.29 is 4.92 Å². The van der Waals surface area contributed by atoms with Crippen LogP contribution in [0.25, 0.3) is 10.9 Å². The number of nitrogens with one attached hydrogen (secondary N) is 1. The number of nitrogens with zero attached hydrogens (tertiary/aromatic N) is 3. The van der Waals surface area contributed by atoms with Crippen molar-refractivity contribution in [2.45, 2.75) is 6.54 Å². The molecule has 0 saturated carbocycles. The summed E-state index contributed by atoms with van der Waals surface area (Å²) in [6, 6.07) is 4.28. The highest BCUT2D eigenvalue weighted by Crippen LogP contribution is 2.26. The van der Waals surface area contributed by atoms with Gasteiger partial charge in [0.25, 0.3) is 5.69 Å². The summed E-state index contributed by atoms with van der Waals surface area (Å²) in [5.74, 6) is 0.615. The first-order valence-electron chi connectivity index (χ1n) is 5.10. The Hall–Kier alpha value is -2.44. The minimum atomic E-state index is -0.462. The van der Waals surface area contributed by atoms with E-state index in [0.717, 1.165) is 0 Å². The predicted molar refractivity (Wildman–Crippen MR) is 61.1 cm³/mol. The predicted octanol–water partition coefficient (Wildman–Crippen LogP) is 0.730. The van der Waals surface area contributed by atoms with Crippen LogP contribution < -0.4 is 11.0 Å². The van der Waals surface area contributed by atoms with Gasteiger partial charge in [0, 0.05) is 30.6 Å². The molecule has 2 aromatic rings. The standard InChI is InChI=1S/C10H8N4O3/c15-10-12-8-2-1-6(14(16)17)5-7(8)9-11-3-4-13(9)10/h1-2,5,11H,3-4H2. The van der Waals surface area contributed by atoms with Gasteiger partial charge in [0.15, 0.2) is 0 Å². The number of non-ortho nitro benzene ring substituents is 1. The number of aromatic nitrogens is 2. The Morgan fingerprint density at radius 3 is 3.06 bits per heavy atom. The lowest BCUT2D eigenvalue weighted by Gasteiger charge is -2.05. The molecule has 1 aliphatic heterocycles. The highest BCUT2D eigenvalue weighted by atomic mass is 16.6. The molecule has 0 amide bonds. The van der Waals surface area contributed by atoms with Crippen LogP contribution in [-0.2, 0) is 6.54 Å². The third-order valence-electron chi connectivity index (χ3n) is 2.79. The van der Waals surface area contributed by atoms with Gasteiger partial charge >= 0.3 is 5.69 Å². The van der Waals surface area contributed by atoms with Gasteiger partial charge < -0.3 is 5.32 Å². The maximum absolute atomic E-state index is 11.6. The fraction of sp³-hybridized carbons (Fsp3) is 0.200. The Labute approximate surface area is 94.9 Å². The van der Waals surface area contributed by atoms with Gasteiger partial charge in [-0.25, -0.2) is 4.79 Å². The molecule has 86 valence electrons. The van der Waals surface area contributed by atoms with Crippen LogP contribution in [0.15, 0.2) is 23.0 Å². The van der Waals surface area contributed by atoms with Crippen LogP contribution in [0, 0.1) is 10.1 Å². The number of fused-ring (bicyclic) bond motifs is 3. The lowest BCUT2D eigenvalue weighted by atomic mass is 10.2. The van der Waals surface area contributed by atoms with Crippen molar-refractivity contribution in [1.29, 1.82) is 0 Å². The molecular weight excluding hydrogens is 224 g/mol. The summed E-state index contributed by atoms with van der Waals surface area (Å²) in [4.78, 5) is 25.8. The smallest absolute Gasteiger partial charge is 0.349 e. The Morgan fingerprint density at radius 1 is 1.47 bits per heavy atom. The van der Waals surface area contributed by atoms with Crippen LogP contribution in [0.2, 0.25) is 0 Å². The molecule has 0 atom stereocenters. The maximum atomic E-state index is 11.6. The molecule has 0 aliphatic carbocycles. The largest absolute Gasteiger partial charge is 0.369 e. The summed E-state index contributed by atoms with van der Waals surface area (Å²) >= 11 is 0. The van der Waals surface area contributed by atoms with Crippen LogP contribution in [0.4, 0.5) is 11.5 Å². The molecule has 0 radical (unpaired) electrons. The van der Waals surface area contributed by atoms with Gasteiger partial charge in [-0.2, -0.15) is 4.98 Å². The topological polar surface area (TPSA) is 90.1 Å². The van der Waals surface area contributed by atoms with Crippen molar-refractivity contribution in [3.05, 3.63) is 38.8 Å². The minimum Gasteiger partial charge on any atom is -0.369 e. The molecule has 1 aromatic carbocycles. The summed E-state index contributed by atoms with van der Waals surface area (Å²) in [5.41, 5.74) is 0.141. The summed E-state index contributed by atoms with van der Waals surface area (Å²) in [6.45, 7) is 1.18. The number of nitro benzene ring substituents is 1. The van der Waals surface area contributed by atoms with E-state index in [1.807, 2.05) is 0 Å². The SMILES string of the molecule is O=c1nc2ccc([N+](=O)[O-])cc2c2n1CCN2. The van der Waals surface area contributed by atoms with Gasteiger partial charge in [0.2, 0.25) is 0 Å². The van der Waals surface area contributed by atoms with Crippen molar-refractivity contribution in [2.24, 2.45) is 0 Å².